The van der Waals surface area contributed by atoms with Crippen LogP contribution in [0.3, 0.4) is 0 Å². The average Bonchev–Trinajstić information content (AvgIpc) is 2.90. The third kappa shape index (κ3) is 9.11. The van der Waals surface area contributed by atoms with E-state index >= 15 is 0 Å². The van der Waals surface area contributed by atoms with Crippen molar-refractivity contribution in [3.05, 3.63) is 65.8 Å². The van der Waals surface area contributed by atoms with Gasteiger partial charge in [-0.25, -0.2) is 0 Å². The van der Waals surface area contributed by atoms with Crippen molar-refractivity contribution in [2.45, 2.75) is 72.4 Å². The molecule has 0 radical (unpaired) electrons. The van der Waals surface area contributed by atoms with Crippen molar-refractivity contribution in [3.63, 3.8) is 0 Å². The molecule has 0 N–H and O–H groups in total. The monoisotopic (exact) mass is 445 g/mol. The molecule has 0 aliphatic heterocycles. The molecule has 4 heteroatoms. The van der Waals surface area contributed by atoms with Crippen LogP contribution in [0, 0.1) is 5.41 Å². The van der Waals surface area contributed by atoms with E-state index < -0.39 is 8.84 Å². The van der Waals surface area contributed by atoms with Crippen LogP contribution in [0.2, 0.25) is 6.04 Å². The molecule has 29 heavy (non-hydrogen) atoms. The number of rotatable bonds is 5. The Balaban J connectivity index is 0.00000117. The van der Waals surface area contributed by atoms with Crippen LogP contribution in [-0.4, -0.2) is 26.0 Å². The quantitative estimate of drug-likeness (QED) is 0.359. The first-order valence-electron chi connectivity index (χ1n) is 10.2. The van der Waals surface area contributed by atoms with Gasteiger partial charge in [0.2, 0.25) is 0 Å². The molecule has 2 rings (SSSR count). The van der Waals surface area contributed by atoms with Crippen molar-refractivity contribution >= 4 is 14.9 Å². The Morgan fingerprint density at radius 1 is 1.14 bits per heavy atom. The van der Waals surface area contributed by atoms with Crippen LogP contribution in [0.5, 0.6) is 0 Å². The molecule has 0 aromatic heterocycles. The predicted octanol–water partition coefficient (Wildman–Crippen LogP) is 7.00. The van der Waals surface area contributed by atoms with Gasteiger partial charge in [-0.15, -0.1) is 0 Å². The molecule has 1 unspecified atom stereocenters. The van der Waals surface area contributed by atoms with Crippen LogP contribution in [-0.2, 0) is 26.2 Å². The molecular formula is C25H39NOSiTi. The summed E-state index contributed by atoms with van der Waals surface area (Å²) in [5, 5.41) is 0. The minimum absolute atomic E-state index is 0. The van der Waals surface area contributed by atoms with Gasteiger partial charge in [0.15, 0.2) is 0 Å². The summed E-state index contributed by atoms with van der Waals surface area (Å²) in [6, 6.07) is 9.33. The second-order valence-corrected chi connectivity index (χ2v) is 11.6. The standard InChI is InChI=1S/C20H31NOSi.C5H8.Ti/c1-19(2,3)13-16-12-15-10-8-9-11-17(15)18(16)14-23(22)21(7)20(4,5)6;1-3-5-4-2;/h8-12,18H,13-14H2,1-7H3;3-5H,1H2,2H3;. The van der Waals surface area contributed by atoms with E-state index in [1.807, 2.05) is 26.1 Å². The normalized spacial score (nSPS) is 15.6. The number of allylic oxidation sites excluding steroid dienone is 4. The number of benzene rings is 1. The molecule has 0 heterocycles. The fraction of sp³-hybridized carbons (Fsp3) is 0.520. The molecule has 1 aliphatic rings. The fourth-order valence-electron chi connectivity index (χ4n) is 3.31. The van der Waals surface area contributed by atoms with Gasteiger partial charge in [-0.1, -0.05) is 81.5 Å². The maximum atomic E-state index is 13.0. The number of nitrogens with zero attached hydrogens (tertiary/aromatic N) is 1. The van der Waals surface area contributed by atoms with E-state index in [2.05, 4.69) is 83.0 Å². The van der Waals surface area contributed by atoms with E-state index in [4.69, 9.17) is 0 Å². The smallest absolute Gasteiger partial charge is 0.375 e. The van der Waals surface area contributed by atoms with Crippen molar-refractivity contribution in [2.75, 3.05) is 7.05 Å². The van der Waals surface area contributed by atoms with Gasteiger partial charge in [0.25, 0.3) is 0 Å². The van der Waals surface area contributed by atoms with Crippen molar-refractivity contribution < 1.29 is 26.2 Å². The summed E-state index contributed by atoms with van der Waals surface area (Å²) >= 11 is 0. The third-order valence-electron chi connectivity index (χ3n) is 4.98. The molecule has 0 saturated heterocycles. The molecule has 0 spiro atoms. The molecule has 0 saturated carbocycles. The topological polar surface area (TPSA) is 20.3 Å². The van der Waals surface area contributed by atoms with Crippen LogP contribution < -0.4 is 0 Å². The SMILES string of the molecule is C=CC=CC.CN([Si](=O)CC1C(CC(C)(C)C)=Cc2ccccc21)C(C)(C)C.[Ti]. The first-order chi connectivity index (χ1) is 12.9. The van der Waals surface area contributed by atoms with Gasteiger partial charge in [0.05, 0.1) is 0 Å². The molecule has 1 aliphatic carbocycles. The maximum Gasteiger partial charge on any atom is 0.395 e. The van der Waals surface area contributed by atoms with E-state index in [0.29, 0.717) is 5.92 Å². The number of hydrogen-bond donors (Lipinski definition) is 0. The largest absolute Gasteiger partial charge is 0.395 e. The summed E-state index contributed by atoms with van der Waals surface area (Å²) in [5.41, 5.74) is 4.30. The van der Waals surface area contributed by atoms with Crippen LogP contribution >= 0.6 is 0 Å². The summed E-state index contributed by atoms with van der Waals surface area (Å²) in [4.78, 5) is 0. The minimum atomic E-state index is -1.79. The van der Waals surface area contributed by atoms with Crippen molar-refractivity contribution in [2.24, 2.45) is 5.41 Å². The molecule has 0 amide bonds. The van der Waals surface area contributed by atoms with Gasteiger partial charge in [-0.05, 0) is 50.7 Å². The molecule has 1 aromatic carbocycles. The zero-order valence-electron chi connectivity index (χ0n) is 19.7. The van der Waals surface area contributed by atoms with Crippen LogP contribution in [0.25, 0.3) is 6.08 Å². The molecule has 0 fully saturated rings. The van der Waals surface area contributed by atoms with E-state index in [1.54, 1.807) is 6.08 Å². The Morgan fingerprint density at radius 3 is 2.17 bits per heavy atom. The zero-order chi connectivity index (χ0) is 21.5. The Morgan fingerprint density at radius 2 is 1.72 bits per heavy atom. The Hall–Kier alpha value is -1.03. The summed E-state index contributed by atoms with van der Waals surface area (Å²) in [5.74, 6) is 0.307. The molecule has 0 bridgehead atoms. The van der Waals surface area contributed by atoms with Gasteiger partial charge < -0.3 is 9.03 Å². The van der Waals surface area contributed by atoms with E-state index in [9.17, 15) is 4.46 Å². The van der Waals surface area contributed by atoms with Crippen LogP contribution in [0.1, 0.15) is 71.9 Å². The maximum absolute atomic E-state index is 13.0. The second-order valence-electron chi connectivity index (χ2n) is 9.73. The molecule has 1 atom stereocenters. The van der Waals surface area contributed by atoms with E-state index in [1.165, 1.54) is 16.7 Å². The zero-order valence-corrected chi connectivity index (χ0v) is 22.2. The van der Waals surface area contributed by atoms with Gasteiger partial charge in [0.1, 0.15) is 0 Å². The molecule has 1 aromatic rings. The average molecular weight is 446 g/mol. The summed E-state index contributed by atoms with van der Waals surface area (Å²) in [6.45, 7) is 18.6. The molecule has 158 valence electrons. The molecule has 2 nitrogen and oxygen atoms in total. The number of fused-ring (bicyclic) bond motifs is 1. The van der Waals surface area contributed by atoms with Crippen molar-refractivity contribution in [1.29, 1.82) is 0 Å². The minimum Gasteiger partial charge on any atom is -0.375 e. The molecular weight excluding hydrogens is 406 g/mol. The van der Waals surface area contributed by atoms with Crippen LogP contribution in [0.15, 0.2) is 54.6 Å². The summed E-state index contributed by atoms with van der Waals surface area (Å²) < 4.78 is 15.0. The van der Waals surface area contributed by atoms with Crippen molar-refractivity contribution in [3.8, 4) is 0 Å². The number of hydrogen-bond acceptors (Lipinski definition) is 1. The van der Waals surface area contributed by atoms with Gasteiger partial charge in [0, 0.05) is 46.3 Å². The Kier molecular flexibility index (Phi) is 11.6. The van der Waals surface area contributed by atoms with E-state index in [-0.39, 0.29) is 32.7 Å². The first-order valence-corrected chi connectivity index (χ1v) is 11.8. The van der Waals surface area contributed by atoms with Crippen molar-refractivity contribution in [1.82, 2.24) is 4.57 Å². The summed E-state index contributed by atoms with van der Waals surface area (Å²) in [7, 11) is 0.201. The fourth-order valence-corrected chi connectivity index (χ4v) is 5.16. The van der Waals surface area contributed by atoms with E-state index in [0.717, 1.165) is 12.5 Å². The Bertz CT molecular complexity index is 738. The van der Waals surface area contributed by atoms with Gasteiger partial charge in [-0.2, -0.15) is 0 Å². The van der Waals surface area contributed by atoms with Gasteiger partial charge in [-0.3, -0.25) is 0 Å². The van der Waals surface area contributed by atoms with Gasteiger partial charge >= 0.3 is 8.84 Å². The Labute approximate surface area is 195 Å². The summed E-state index contributed by atoms with van der Waals surface area (Å²) in [6.07, 6.45) is 8.96. The first kappa shape index (κ1) is 28.0. The third-order valence-corrected chi connectivity index (χ3v) is 7.16. The second kappa shape index (κ2) is 12.0. The predicted molar refractivity (Wildman–Crippen MR) is 125 cm³/mol. The van der Waals surface area contributed by atoms with Crippen LogP contribution in [0.4, 0.5) is 0 Å².